The molecule has 0 unspecified atom stereocenters. The van der Waals surface area contributed by atoms with Gasteiger partial charge >= 0.3 is 0 Å². The first-order chi connectivity index (χ1) is 13.2. The van der Waals surface area contributed by atoms with E-state index in [1.54, 1.807) is 14.2 Å². The van der Waals surface area contributed by atoms with E-state index < -0.39 is 0 Å². The maximum Gasteiger partial charge on any atom is 0.195 e. The summed E-state index contributed by atoms with van der Waals surface area (Å²) < 4.78 is 10.6. The highest BCUT2D eigenvalue weighted by Crippen LogP contribution is 2.34. The van der Waals surface area contributed by atoms with Crippen LogP contribution in [-0.2, 0) is 0 Å². The molecular weight excluding hydrogens is 338 g/mol. The number of ketones is 1. The van der Waals surface area contributed by atoms with Crippen LogP contribution >= 0.6 is 0 Å². The quantitative estimate of drug-likeness (QED) is 0.507. The average molecular weight is 357 g/mol. The molecule has 0 atom stereocenters. The van der Waals surface area contributed by atoms with Gasteiger partial charge in [-0.15, -0.1) is 0 Å². The third-order valence-corrected chi connectivity index (χ3v) is 4.65. The van der Waals surface area contributed by atoms with E-state index in [0.29, 0.717) is 16.9 Å². The van der Waals surface area contributed by atoms with Crippen molar-refractivity contribution in [3.63, 3.8) is 0 Å². The summed E-state index contributed by atoms with van der Waals surface area (Å²) in [6.07, 6.45) is 0. The fourth-order valence-corrected chi connectivity index (χ4v) is 3.24. The molecule has 0 fully saturated rings. The number of aromatic amines is 1. The van der Waals surface area contributed by atoms with E-state index in [-0.39, 0.29) is 5.78 Å². The maximum absolute atomic E-state index is 13.4. The van der Waals surface area contributed by atoms with E-state index in [1.165, 1.54) is 0 Å². The molecule has 4 nitrogen and oxygen atoms in total. The molecule has 0 aliphatic carbocycles. The molecule has 1 heterocycles. The Balaban J connectivity index is 1.95. The van der Waals surface area contributed by atoms with Crippen LogP contribution < -0.4 is 9.47 Å². The molecule has 0 bridgehead atoms. The summed E-state index contributed by atoms with van der Waals surface area (Å²) >= 11 is 0. The second-order valence-electron chi connectivity index (χ2n) is 6.21. The standard InChI is InChI=1S/C23H19NO3/c1-26-17-10-8-15(9-11-17)22-21(23(25)16-6-4-3-5-7-16)19-14-18(27-2)12-13-20(19)24-22/h3-14,24H,1-2H3. The number of rotatable bonds is 5. The number of carbonyl (C=O) groups excluding carboxylic acids is 1. The summed E-state index contributed by atoms with van der Waals surface area (Å²) in [6, 6.07) is 22.7. The number of hydrogen-bond donors (Lipinski definition) is 1. The second kappa shape index (κ2) is 7.00. The second-order valence-corrected chi connectivity index (χ2v) is 6.21. The fourth-order valence-electron chi connectivity index (χ4n) is 3.24. The van der Waals surface area contributed by atoms with Crippen LogP contribution in [0.5, 0.6) is 11.5 Å². The Bertz CT molecular complexity index is 1100. The highest BCUT2D eigenvalue weighted by Gasteiger charge is 2.21. The molecule has 134 valence electrons. The van der Waals surface area contributed by atoms with Crippen molar-refractivity contribution in [2.45, 2.75) is 0 Å². The number of aromatic nitrogens is 1. The topological polar surface area (TPSA) is 51.3 Å². The molecule has 27 heavy (non-hydrogen) atoms. The predicted molar refractivity (Wildman–Crippen MR) is 107 cm³/mol. The molecule has 4 rings (SSSR count). The van der Waals surface area contributed by atoms with Crippen molar-refractivity contribution in [1.82, 2.24) is 4.98 Å². The minimum Gasteiger partial charge on any atom is -0.497 e. The van der Waals surface area contributed by atoms with Gasteiger partial charge in [-0.2, -0.15) is 0 Å². The SMILES string of the molecule is COc1ccc(-c2[nH]c3ccc(OC)cc3c2C(=O)c2ccccc2)cc1. The molecule has 4 heteroatoms. The Morgan fingerprint density at radius 1 is 0.815 bits per heavy atom. The summed E-state index contributed by atoms with van der Waals surface area (Å²) in [5, 5.41) is 0.842. The summed E-state index contributed by atoms with van der Waals surface area (Å²) in [5.41, 5.74) is 3.89. The zero-order valence-electron chi connectivity index (χ0n) is 15.2. The third kappa shape index (κ3) is 3.06. The first kappa shape index (κ1) is 16.9. The van der Waals surface area contributed by atoms with Crippen molar-refractivity contribution in [3.8, 4) is 22.8 Å². The number of carbonyl (C=O) groups is 1. The molecule has 0 radical (unpaired) electrons. The lowest BCUT2D eigenvalue weighted by Gasteiger charge is -2.07. The smallest absolute Gasteiger partial charge is 0.195 e. The van der Waals surface area contributed by atoms with Crippen molar-refractivity contribution in [2.24, 2.45) is 0 Å². The van der Waals surface area contributed by atoms with Crippen molar-refractivity contribution in [1.29, 1.82) is 0 Å². The van der Waals surface area contributed by atoms with Crippen molar-refractivity contribution in [3.05, 3.63) is 83.9 Å². The molecule has 0 saturated heterocycles. The zero-order valence-corrected chi connectivity index (χ0v) is 15.2. The van der Waals surface area contributed by atoms with Crippen LogP contribution in [0.3, 0.4) is 0 Å². The number of benzene rings is 3. The Morgan fingerprint density at radius 3 is 2.15 bits per heavy atom. The first-order valence-corrected chi connectivity index (χ1v) is 8.65. The summed E-state index contributed by atoms with van der Waals surface area (Å²) in [5.74, 6) is 1.46. The number of ether oxygens (including phenoxy) is 2. The lowest BCUT2D eigenvalue weighted by atomic mass is 9.97. The Hall–Kier alpha value is -3.53. The predicted octanol–water partition coefficient (Wildman–Crippen LogP) is 5.08. The van der Waals surface area contributed by atoms with Crippen molar-refractivity contribution < 1.29 is 14.3 Å². The van der Waals surface area contributed by atoms with Crippen LogP contribution in [0.1, 0.15) is 15.9 Å². The largest absolute Gasteiger partial charge is 0.497 e. The summed E-state index contributed by atoms with van der Waals surface area (Å²) in [7, 11) is 3.26. The average Bonchev–Trinajstić information content (AvgIpc) is 3.12. The lowest BCUT2D eigenvalue weighted by Crippen LogP contribution is -2.02. The van der Waals surface area contributed by atoms with E-state index in [1.807, 2.05) is 72.8 Å². The van der Waals surface area contributed by atoms with Gasteiger partial charge in [-0.25, -0.2) is 0 Å². The van der Waals surface area contributed by atoms with Gasteiger partial charge < -0.3 is 14.5 Å². The van der Waals surface area contributed by atoms with E-state index in [2.05, 4.69) is 4.98 Å². The molecule has 0 aliphatic rings. The van der Waals surface area contributed by atoms with Crippen LogP contribution in [0, 0.1) is 0 Å². The molecule has 0 aliphatic heterocycles. The Labute approximate surface area is 157 Å². The Kier molecular flexibility index (Phi) is 4.38. The van der Waals surface area contributed by atoms with Crippen LogP contribution in [0.2, 0.25) is 0 Å². The van der Waals surface area contributed by atoms with Gasteiger partial charge in [-0.1, -0.05) is 30.3 Å². The minimum absolute atomic E-state index is 0.0269. The van der Waals surface area contributed by atoms with E-state index >= 15 is 0 Å². The van der Waals surface area contributed by atoms with Gasteiger partial charge in [-0.3, -0.25) is 4.79 Å². The highest BCUT2D eigenvalue weighted by atomic mass is 16.5. The van der Waals surface area contributed by atoms with Gasteiger partial charge in [0, 0.05) is 16.5 Å². The number of hydrogen-bond acceptors (Lipinski definition) is 3. The minimum atomic E-state index is -0.0269. The maximum atomic E-state index is 13.4. The normalized spacial score (nSPS) is 10.7. The molecule has 0 saturated carbocycles. The van der Waals surface area contributed by atoms with Crippen LogP contribution in [0.15, 0.2) is 72.8 Å². The van der Waals surface area contributed by atoms with E-state index in [4.69, 9.17) is 9.47 Å². The van der Waals surface area contributed by atoms with Gasteiger partial charge in [0.2, 0.25) is 0 Å². The van der Waals surface area contributed by atoms with Crippen LogP contribution in [-0.4, -0.2) is 25.0 Å². The Morgan fingerprint density at radius 2 is 1.48 bits per heavy atom. The highest BCUT2D eigenvalue weighted by molar-refractivity contribution is 6.20. The number of nitrogens with one attached hydrogen (secondary N) is 1. The van der Waals surface area contributed by atoms with Gasteiger partial charge in [0.1, 0.15) is 11.5 Å². The van der Waals surface area contributed by atoms with Gasteiger partial charge in [0.25, 0.3) is 0 Å². The molecule has 0 spiro atoms. The fraction of sp³-hybridized carbons (Fsp3) is 0.0870. The zero-order chi connectivity index (χ0) is 18.8. The molecule has 1 N–H and O–H groups in total. The molecule has 4 aromatic rings. The van der Waals surface area contributed by atoms with Gasteiger partial charge in [0.05, 0.1) is 25.5 Å². The van der Waals surface area contributed by atoms with Crippen molar-refractivity contribution >= 4 is 16.7 Å². The summed E-state index contributed by atoms with van der Waals surface area (Å²) in [4.78, 5) is 16.8. The van der Waals surface area contributed by atoms with Gasteiger partial charge in [-0.05, 0) is 48.0 Å². The summed E-state index contributed by atoms with van der Waals surface area (Å²) in [6.45, 7) is 0. The monoisotopic (exact) mass is 357 g/mol. The van der Waals surface area contributed by atoms with Crippen LogP contribution in [0.4, 0.5) is 0 Å². The van der Waals surface area contributed by atoms with Gasteiger partial charge in [0.15, 0.2) is 5.78 Å². The molecule has 0 amide bonds. The van der Waals surface area contributed by atoms with E-state index in [0.717, 1.165) is 27.9 Å². The first-order valence-electron chi connectivity index (χ1n) is 8.65. The van der Waals surface area contributed by atoms with Crippen LogP contribution in [0.25, 0.3) is 22.2 Å². The van der Waals surface area contributed by atoms with Crippen molar-refractivity contribution in [2.75, 3.05) is 14.2 Å². The van der Waals surface area contributed by atoms with E-state index in [9.17, 15) is 4.79 Å². The number of fused-ring (bicyclic) bond motifs is 1. The molecular formula is C23H19NO3. The molecule has 3 aromatic carbocycles. The lowest BCUT2D eigenvalue weighted by molar-refractivity contribution is 0.104. The number of methoxy groups -OCH3 is 2. The third-order valence-electron chi connectivity index (χ3n) is 4.65. The molecule has 1 aromatic heterocycles. The number of H-pyrrole nitrogens is 1.